The molecule has 0 amide bonds. The summed E-state index contributed by atoms with van der Waals surface area (Å²) in [5.41, 5.74) is 3.01. The molecule has 1 aromatic carbocycles. The van der Waals surface area contributed by atoms with Gasteiger partial charge in [0.05, 0.1) is 11.4 Å². The maximum Gasteiger partial charge on any atom is 0.281 e. The highest BCUT2D eigenvalue weighted by molar-refractivity contribution is 7.11. The lowest BCUT2D eigenvalue weighted by molar-refractivity contribution is 0.0958. The monoisotopic (exact) mass is 524 g/mol. The first-order valence-electron chi connectivity index (χ1n) is 11.1. The Kier molecular flexibility index (Phi) is 7.09. The second-order valence-corrected chi connectivity index (χ2v) is 9.70. The van der Waals surface area contributed by atoms with Crippen LogP contribution in [0.5, 0.6) is 5.88 Å². The van der Waals surface area contributed by atoms with E-state index in [9.17, 15) is 14.7 Å². The van der Waals surface area contributed by atoms with Crippen molar-refractivity contribution in [1.29, 1.82) is 5.41 Å². The quantitative estimate of drug-likeness (QED) is 0.116. The summed E-state index contributed by atoms with van der Waals surface area (Å²) in [6.07, 6.45) is 1.62. The van der Waals surface area contributed by atoms with Gasteiger partial charge in [0.25, 0.3) is 5.91 Å². The van der Waals surface area contributed by atoms with Crippen molar-refractivity contribution in [2.24, 2.45) is 0 Å². The Hall–Kier alpha value is -3.76. The molecule has 4 N–H and O–H groups in total. The first-order chi connectivity index (χ1) is 17.1. The largest absolute Gasteiger partial charge is 0.492 e. The number of rotatable bonds is 7. The molecule has 11 heteroatoms. The fourth-order valence-corrected chi connectivity index (χ4v) is 4.71. The van der Waals surface area contributed by atoms with E-state index in [0.717, 1.165) is 17.1 Å². The summed E-state index contributed by atoms with van der Waals surface area (Å²) < 4.78 is 5.42. The van der Waals surface area contributed by atoms with Gasteiger partial charge in [0.1, 0.15) is 27.9 Å². The third kappa shape index (κ3) is 4.82. The molecule has 4 rings (SSSR count). The van der Waals surface area contributed by atoms with Crippen LogP contribution < -0.4 is 10.6 Å². The van der Waals surface area contributed by atoms with Crippen LogP contribution in [0.3, 0.4) is 0 Å². The van der Waals surface area contributed by atoms with Crippen molar-refractivity contribution >= 4 is 62.4 Å². The number of alkyl halides is 1. The number of aromatic nitrogens is 3. The molecule has 0 spiro atoms. The van der Waals surface area contributed by atoms with Crippen LogP contribution in [0.4, 0.5) is 10.8 Å². The first-order valence-corrected chi connectivity index (χ1v) is 12.5. The molecule has 0 bridgehead atoms. The molecule has 0 atom stereocenters. The van der Waals surface area contributed by atoms with Gasteiger partial charge in [0.2, 0.25) is 5.88 Å². The number of anilines is 2. The number of carbonyl (C=O) groups excluding carboxylic acids is 2. The zero-order valence-corrected chi connectivity index (χ0v) is 21.7. The molecule has 4 aromatic rings. The van der Waals surface area contributed by atoms with Crippen LogP contribution in [0.2, 0.25) is 0 Å². The van der Waals surface area contributed by atoms with Crippen LogP contribution in [0.15, 0.2) is 36.5 Å². The fourth-order valence-electron chi connectivity index (χ4n) is 3.86. The molecule has 0 aliphatic heterocycles. The predicted octanol–water partition coefficient (Wildman–Crippen LogP) is 4.99. The molecule has 9 nitrogen and oxygen atoms in total. The van der Waals surface area contributed by atoms with Gasteiger partial charge in [-0.3, -0.25) is 19.6 Å². The zero-order valence-electron chi connectivity index (χ0n) is 20.1. The smallest absolute Gasteiger partial charge is 0.281 e. The number of nitrogens with one attached hydrogen (secondary N) is 3. The Morgan fingerprint density at radius 3 is 2.67 bits per heavy atom. The van der Waals surface area contributed by atoms with Gasteiger partial charge in [0, 0.05) is 23.2 Å². The van der Waals surface area contributed by atoms with Crippen LogP contribution in [0, 0.1) is 19.3 Å². The van der Waals surface area contributed by atoms with Gasteiger partial charge in [-0.05, 0) is 74.6 Å². The summed E-state index contributed by atoms with van der Waals surface area (Å²) in [4.78, 5) is 30.5. The number of aromatic hydroxyl groups is 1. The van der Waals surface area contributed by atoms with Crippen molar-refractivity contribution in [2.75, 3.05) is 11.2 Å². The van der Waals surface area contributed by atoms with E-state index in [1.807, 2.05) is 26.8 Å². The van der Waals surface area contributed by atoms with E-state index in [0.29, 0.717) is 32.8 Å². The number of nitrogens with zero attached hydrogens (tertiary/aromatic N) is 3. The number of carbonyl (C=O) groups is 2. The molecule has 3 aromatic heterocycles. The van der Waals surface area contributed by atoms with Crippen LogP contribution in [0.1, 0.15) is 51.4 Å². The molecule has 36 heavy (non-hydrogen) atoms. The second kappa shape index (κ2) is 10.1. The molecule has 0 radical (unpaired) electrons. The van der Waals surface area contributed by atoms with Crippen molar-refractivity contribution in [3.63, 3.8) is 0 Å². The van der Waals surface area contributed by atoms with E-state index in [2.05, 4.69) is 20.0 Å². The number of amidine groups is 1. The van der Waals surface area contributed by atoms with Crippen LogP contribution in [-0.4, -0.2) is 48.5 Å². The van der Waals surface area contributed by atoms with Crippen LogP contribution in [-0.2, 0) is 0 Å². The minimum atomic E-state index is -0.359. The van der Waals surface area contributed by atoms with E-state index in [1.54, 1.807) is 37.4 Å². The lowest BCUT2D eigenvalue weighted by Gasteiger charge is -2.13. The standard InChI is InChI=1S/C25H25ClN6O3S/c1-12(2)28-22(27)20-23(34)31-36-24(20)30-19-6-5-14(4)21(29-19)25(35)32-8-7-15-16(18(33)11-26)9-13(3)10-17(15)32/h5-10,12H,11H2,1-4H3,(H2,27,28)(H,29,30)(H,31,34). The number of aryl methyl sites for hydroxylation is 2. The van der Waals surface area contributed by atoms with E-state index < -0.39 is 0 Å². The Morgan fingerprint density at radius 1 is 1.22 bits per heavy atom. The number of halogens is 1. The van der Waals surface area contributed by atoms with E-state index in [-0.39, 0.29) is 46.6 Å². The van der Waals surface area contributed by atoms with E-state index >= 15 is 0 Å². The fraction of sp³-hybridized carbons (Fsp3) is 0.240. The Morgan fingerprint density at radius 2 is 1.97 bits per heavy atom. The Bertz CT molecular complexity index is 1510. The summed E-state index contributed by atoms with van der Waals surface area (Å²) in [6, 6.07) is 8.80. The topological polar surface area (TPSA) is 133 Å². The van der Waals surface area contributed by atoms with Gasteiger partial charge in [-0.15, -0.1) is 11.6 Å². The van der Waals surface area contributed by atoms with E-state index in [4.69, 9.17) is 17.0 Å². The highest BCUT2D eigenvalue weighted by Gasteiger charge is 2.22. The molecule has 0 saturated heterocycles. The molecule has 186 valence electrons. The lowest BCUT2D eigenvalue weighted by Crippen LogP contribution is -2.30. The molecule has 0 saturated carbocycles. The number of ketones is 1. The molecule has 0 aliphatic rings. The molecular weight excluding hydrogens is 500 g/mol. The van der Waals surface area contributed by atoms with E-state index in [1.165, 1.54) is 4.57 Å². The number of Topliss-reactive ketones (excluding diaryl/α,β-unsaturated/α-hetero) is 1. The molecule has 0 aliphatic carbocycles. The number of hydrogen-bond donors (Lipinski definition) is 4. The molecule has 0 unspecified atom stereocenters. The van der Waals surface area contributed by atoms with Gasteiger partial charge in [-0.1, -0.05) is 6.07 Å². The summed E-state index contributed by atoms with van der Waals surface area (Å²) in [5.74, 6) is -0.596. The minimum Gasteiger partial charge on any atom is -0.492 e. The van der Waals surface area contributed by atoms with Gasteiger partial charge in [-0.25, -0.2) is 4.98 Å². The first kappa shape index (κ1) is 25.3. The van der Waals surface area contributed by atoms with Gasteiger partial charge < -0.3 is 15.7 Å². The Balaban J connectivity index is 1.71. The SMILES string of the molecule is Cc1cc(C(=O)CCl)c2ccn(C(=O)c3nc(Nc4snc(O)c4C(=N)NC(C)C)ccc3C)c2c1. The summed E-state index contributed by atoms with van der Waals surface area (Å²) in [5, 5.41) is 25.5. The predicted molar refractivity (Wildman–Crippen MR) is 143 cm³/mol. The van der Waals surface area contributed by atoms with Crippen LogP contribution in [0.25, 0.3) is 10.9 Å². The highest BCUT2D eigenvalue weighted by Crippen LogP contribution is 2.32. The number of benzene rings is 1. The number of fused-ring (bicyclic) bond motifs is 1. The average molecular weight is 525 g/mol. The third-order valence-electron chi connectivity index (χ3n) is 5.49. The van der Waals surface area contributed by atoms with Crippen molar-refractivity contribution in [3.8, 4) is 5.88 Å². The number of hydrogen-bond acceptors (Lipinski definition) is 8. The van der Waals surface area contributed by atoms with Gasteiger partial charge in [-0.2, -0.15) is 4.37 Å². The van der Waals surface area contributed by atoms with Crippen LogP contribution >= 0.6 is 23.1 Å². The summed E-state index contributed by atoms with van der Waals surface area (Å²) in [6.45, 7) is 7.42. The number of pyridine rings is 1. The zero-order chi connectivity index (χ0) is 26.1. The summed E-state index contributed by atoms with van der Waals surface area (Å²) in [7, 11) is 0. The van der Waals surface area contributed by atoms with Gasteiger partial charge in [0.15, 0.2) is 5.78 Å². The normalized spacial score (nSPS) is 11.2. The Labute approximate surface area is 216 Å². The van der Waals surface area contributed by atoms with Crippen molar-refractivity contribution in [1.82, 2.24) is 19.2 Å². The maximum absolute atomic E-state index is 13.6. The maximum atomic E-state index is 13.6. The van der Waals surface area contributed by atoms with Crippen molar-refractivity contribution < 1.29 is 14.7 Å². The molecule has 3 heterocycles. The third-order valence-corrected chi connectivity index (χ3v) is 6.49. The summed E-state index contributed by atoms with van der Waals surface area (Å²) >= 11 is 6.78. The van der Waals surface area contributed by atoms with Crippen molar-refractivity contribution in [3.05, 3.63) is 64.5 Å². The average Bonchev–Trinajstić information content (AvgIpc) is 3.41. The minimum absolute atomic E-state index is 0.00773. The molecular formula is C25H25ClN6O3S. The van der Waals surface area contributed by atoms with Gasteiger partial charge >= 0.3 is 0 Å². The second-order valence-electron chi connectivity index (χ2n) is 8.66. The highest BCUT2D eigenvalue weighted by atomic mass is 35.5. The van der Waals surface area contributed by atoms with Crippen molar-refractivity contribution in [2.45, 2.75) is 33.7 Å². The molecule has 0 fully saturated rings. The lowest BCUT2D eigenvalue weighted by atomic mass is 10.0.